The van der Waals surface area contributed by atoms with Crippen LogP contribution in [0.5, 0.6) is 5.88 Å². The number of carbonyl (C=O) groups excluding carboxylic acids is 1. The summed E-state index contributed by atoms with van der Waals surface area (Å²) in [5.41, 5.74) is 0.751. The minimum absolute atomic E-state index is 0.0169. The molecule has 0 spiro atoms. The van der Waals surface area contributed by atoms with Gasteiger partial charge in [0.05, 0.1) is 22.6 Å². The minimum atomic E-state index is -3.93. The van der Waals surface area contributed by atoms with Gasteiger partial charge in [-0.25, -0.2) is 18.4 Å². The van der Waals surface area contributed by atoms with Crippen LogP contribution in [0.4, 0.5) is 11.5 Å². The summed E-state index contributed by atoms with van der Waals surface area (Å²) in [7, 11) is -2.57. The standard InChI is InChI=1S/C19H16ClN5O4S2/c1-29-18-16(21-10-11-22-18)25-31(27,28)13-8-6-12(7-9-13)23-19(30)24-17(26)14-4-2-3-5-15(14)20/h2-11H,1H3,(H,21,25)(H2,23,24,26,30). The molecular formula is C19H16ClN5O4S2. The number of amides is 1. The van der Waals surface area contributed by atoms with Crippen molar-refractivity contribution in [3.8, 4) is 5.88 Å². The van der Waals surface area contributed by atoms with Crippen LogP contribution in [-0.4, -0.2) is 36.5 Å². The van der Waals surface area contributed by atoms with E-state index in [2.05, 4.69) is 25.3 Å². The van der Waals surface area contributed by atoms with Crippen molar-refractivity contribution in [3.63, 3.8) is 0 Å². The van der Waals surface area contributed by atoms with E-state index >= 15 is 0 Å². The Morgan fingerprint density at radius 3 is 2.42 bits per heavy atom. The number of ether oxygens (including phenoxy) is 1. The van der Waals surface area contributed by atoms with Crippen LogP contribution in [0.3, 0.4) is 0 Å². The molecular weight excluding hydrogens is 462 g/mol. The molecule has 0 fully saturated rings. The van der Waals surface area contributed by atoms with E-state index in [4.69, 9.17) is 28.6 Å². The second-order valence-electron chi connectivity index (χ2n) is 5.93. The van der Waals surface area contributed by atoms with Crippen LogP contribution in [0, 0.1) is 0 Å². The molecule has 0 bridgehead atoms. The molecule has 3 rings (SSSR count). The van der Waals surface area contributed by atoms with Crippen LogP contribution in [0.25, 0.3) is 0 Å². The molecule has 12 heteroatoms. The molecule has 0 aliphatic rings. The third-order valence-corrected chi connectivity index (χ3v) is 5.75. The van der Waals surface area contributed by atoms with E-state index in [1.165, 1.54) is 43.8 Å². The molecule has 1 heterocycles. The number of halogens is 1. The number of sulfonamides is 1. The first kappa shape index (κ1) is 22.4. The largest absolute Gasteiger partial charge is 0.478 e. The number of benzene rings is 2. The van der Waals surface area contributed by atoms with Crippen molar-refractivity contribution in [3.05, 3.63) is 71.5 Å². The lowest BCUT2D eigenvalue weighted by molar-refractivity contribution is 0.0978. The first-order valence-electron chi connectivity index (χ1n) is 8.65. The first-order valence-corrected chi connectivity index (χ1v) is 10.9. The topological polar surface area (TPSA) is 122 Å². The van der Waals surface area contributed by atoms with Crippen molar-refractivity contribution in [1.82, 2.24) is 15.3 Å². The van der Waals surface area contributed by atoms with E-state index < -0.39 is 15.9 Å². The third-order valence-electron chi connectivity index (χ3n) is 3.86. The zero-order valence-corrected chi connectivity index (χ0v) is 18.4. The summed E-state index contributed by atoms with van der Waals surface area (Å²) in [5, 5.41) is 5.65. The fourth-order valence-corrected chi connectivity index (χ4v) is 3.87. The van der Waals surface area contributed by atoms with Crippen molar-refractivity contribution in [1.29, 1.82) is 0 Å². The second kappa shape index (κ2) is 9.69. The lowest BCUT2D eigenvalue weighted by Crippen LogP contribution is -2.34. The van der Waals surface area contributed by atoms with Gasteiger partial charge in [0.15, 0.2) is 5.11 Å². The third kappa shape index (κ3) is 5.66. The smallest absolute Gasteiger partial charge is 0.263 e. The Balaban J connectivity index is 1.66. The predicted octanol–water partition coefficient (Wildman–Crippen LogP) is 3.07. The average Bonchev–Trinajstić information content (AvgIpc) is 2.74. The fourth-order valence-electron chi connectivity index (χ4n) is 2.43. The summed E-state index contributed by atoms with van der Waals surface area (Å²) in [4.78, 5) is 20.0. The highest BCUT2D eigenvalue weighted by Crippen LogP contribution is 2.22. The average molecular weight is 478 g/mol. The van der Waals surface area contributed by atoms with Crippen molar-refractivity contribution in [2.24, 2.45) is 0 Å². The summed E-state index contributed by atoms with van der Waals surface area (Å²) in [5.74, 6) is -0.455. The highest BCUT2D eigenvalue weighted by atomic mass is 35.5. The number of thiocarbonyl (C=S) groups is 1. The molecule has 2 aromatic carbocycles. The van der Waals surface area contributed by atoms with Gasteiger partial charge in [0.2, 0.25) is 5.82 Å². The molecule has 0 aliphatic heterocycles. The Morgan fingerprint density at radius 2 is 1.74 bits per heavy atom. The zero-order chi connectivity index (χ0) is 22.4. The number of aromatic nitrogens is 2. The highest BCUT2D eigenvalue weighted by Gasteiger charge is 2.18. The van der Waals surface area contributed by atoms with Gasteiger partial charge >= 0.3 is 0 Å². The van der Waals surface area contributed by atoms with Crippen LogP contribution >= 0.6 is 23.8 Å². The Bertz CT molecular complexity index is 1220. The van der Waals surface area contributed by atoms with Crippen molar-refractivity contribution >= 4 is 56.4 Å². The Kier molecular flexibility index (Phi) is 7.00. The summed E-state index contributed by atoms with van der Waals surface area (Å²) < 4.78 is 32.5. The highest BCUT2D eigenvalue weighted by molar-refractivity contribution is 7.92. The van der Waals surface area contributed by atoms with Crippen molar-refractivity contribution in [2.75, 3.05) is 17.1 Å². The minimum Gasteiger partial charge on any atom is -0.478 e. The number of nitrogens with one attached hydrogen (secondary N) is 3. The SMILES string of the molecule is COc1nccnc1NS(=O)(=O)c1ccc(NC(=S)NC(=O)c2ccccc2Cl)cc1. The number of anilines is 2. The first-order chi connectivity index (χ1) is 14.8. The molecule has 3 N–H and O–H groups in total. The maximum Gasteiger partial charge on any atom is 0.263 e. The molecule has 1 aromatic heterocycles. The number of rotatable bonds is 6. The number of methoxy groups -OCH3 is 1. The zero-order valence-electron chi connectivity index (χ0n) is 16.0. The normalized spacial score (nSPS) is 10.8. The summed E-state index contributed by atoms with van der Waals surface area (Å²) in [6.07, 6.45) is 2.72. The van der Waals surface area contributed by atoms with Crippen LogP contribution in [-0.2, 0) is 10.0 Å². The van der Waals surface area contributed by atoms with Crippen LogP contribution in [0.2, 0.25) is 5.02 Å². The molecule has 0 aliphatic carbocycles. The van der Waals surface area contributed by atoms with E-state index in [9.17, 15) is 13.2 Å². The number of nitrogens with zero attached hydrogens (tertiary/aromatic N) is 2. The van der Waals surface area contributed by atoms with Crippen molar-refractivity contribution in [2.45, 2.75) is 4.90 Å². The fraction of sp³-hybridized carbons (Fsp3) is 0.0526. The van der Waals surface area contributed by atoms with Crippen LogP contribution < -0.4 is 20.1 Å². The van der Waals surface area contributed by atoms with Gasteiger partial charge < -0.3 is 10.1 Å². The summed E-state index contributed by atoms with van der Waals surface area (Å²) in [6, 6.07) is 12.3. The maximum atomic E-state index is 12.6. The Labute approximate surface area is 188 Å². The van der Waals surface area contributed by atoms with Gasteiger partial charge in [0.1, 0.15) is 0 Å². The summed E-state index contributed by atoms with van der Waals surface area (Å²) >= 11 is 11.1. The van der Waals surface area contributed by atoms with E-state index in [1.807, 2.05) is 0 Å². The molecule has 0 saturated carbocycles. The van der Waals surface area contributed by atoms with Gasteiger partial charge in [-0.3, -0.25) is 14.8 Å². The molecule has 160 valence electrons. The molecule has 0 unspecified atom stereocenters. The van der Waals surface area contributed by atoms with Gasteiger partial charge in [-0.05, 0) is 48.6 Å². The molecule has 0 saturated heterocycles. The second-order valence-corrected chi connectivity index (χ2v) is 8.43. The van der Waals surface area contributed by atoms with Gasteiger partial charge in [-0.2, -0.15) is 0 Å². The Hall–Kier alpha value is -3.28. The van der Waals surface area contributed by atoms with Gasteiger partial charge in [0, 0.05) is 18.1 Å². The molecule has 0 atom stereocenters. The number of hydrogen-bond acceptors (Lipinski definition) is 7. The van der Waals surface area contributed by atoms with E-state index in [1.54, 1.807) is 24.3 Å². The molecule has 1 amide bonds. The van der Waals surface area contributed by atoms with Crippen LogP contribution in [0.1, 0.15) is 10.4 Å². The van der Waals surface area contributed by atoms with E-state index in [0.717, 1.165) is 0 Å². The van der Waals surface area contributed by atoms with Crippen molar-refractivity contribution < 1.29 is 17.9 Å². The molecule has 31 heavy (non-hydrogen) atoms. The predicted molar refractivity (Wildman–Crippen MR) is 121 cm³/mol. The quantitative estimate of drug-likeness (QED) is 0.463. The van der Waals surface area contributed by atoms with Gasteiger partial charge in [-0.1, -0.05) is 23.7 Å². The lowest BCUT2D eigenvalue weighted by atomic mass is 10.2. The van der Waals surface area contributed by atoms with E-state index in [0.29, 0.717) is 10.7 Å². The van der Waals surface area contributed by atoms with Gasteiger partial charge in [0.25, 0.3) is 21.8 Å². The number of carbonyl (C=O) groups is 1. The number of hydrogen-bond donors (Lipinski definition) is 3. The monoisotopic (exact) mass is 477 g/mol. The van der Waals surface area contributed by atoms with Gasteiger partial charge in [-0.15, -0.1) is 0 Å². The molecule has 0 radical (unpaired) electrons. The molecule has 9 nitrogen and oxygen atoms in total. The summed E-state index contributed by atoms with van der Waals surface area (Å²) in [6.45, 7) is 0. The molecule has 3 aromatic rings. The Morgan fingerprint density at radius 1 is 1.06 bits per heavy atom. The maximum absolute atomic E-state index is 12.6. The van der Waals surface area contributed by atoms with Crippen LogP contribution in [0.15, 0.2) is 65.8 Å². The lowest BCUT2D eigenvalue weighted by Gasteiger charge is -2.12. The van der Waals surface area contributed by atoms with E-state index in [-0.39, 0.29) is 27.3 Å².